The molecule has 100 valence electrons. The van der Waals surface area contributed by atoms with Crippen molar-refractivity contribution in [2.45, 2.75) is 33.9 Å². The van der Waals surface area contributed by atoms with E-state index < -0.39 is 5.41 Å². The maximum absolute atomic E-state index is 11.7. The van der Waals surface area contributed by atoms with Gasteiger partial charge in [-0.25, -0.2) is 0 Å². The summed E-state index contributed by atoms with van der Waals surface area (Å²) in [4.78, 5) is 13.8. The van der Waals surface area contributed by atoms with Crippen LogP contribution in [0.15, 0.2) is 24.3 Å². The number of hydrogen-bond donors (Lipinski definition) is 0. The van der Waals surface area contributed by atoms with Crippen molar-refractivity contribution in [2.24, 2.45) is 5.41 Å². The summed E-state index contributed by atoms with van der Waals surface area (Å²) in [6, 6.07) is 8.06. The zero-order valence-corrected chi connectivity index (χ0v) is 12.0. The third-order valence-corrected chi connectivity index (χ3v) is 2.58. The molecule has 0 bridgehead atoms. The number of carbonyl (C=O) groups excluding carboxylic acids is 1. The first-order valence-corrected chi connectivity index (χ1v) is 6.19. The zero-order valence-electron chi connectivity index (χ0n) is 12.0. The second kappa shape index (κ2) is 6.01. The van der Waals surface area contributed by atoms with Crippen LogP contribution in [-0.4, -0.2) is 25.0 Å². The normalized spacial score (nSPS) is 11.7. The maximum atomic E-state index is 11.7. The van der Waals surface area contributed by atoms with Crippen molar-refractivity contribution in [3.8, 4) is 0 Å². The van der Waals surface area contributed by atoms with Crippen LogP contribution in [0.2, 0.25) is 0 Å². The summed E-state index contributed by atoms with van der Waals surface area (Å²) in [6.07, 6.45) is 0. The minimum absolute atomic E-state index is 0.165. The van der Waals surface area contributed by atoms with Crippen LogP contribution >= 0.6 is 0 Å². The summed E-state index contributed by atoms with van der Waals surface area (Å²) in [7, 11) is 4.05. The van der Waals surface area contributed by atoms with E-state index in [4.69, 9.17) is 4.74 Å². The molecule has 0 radical (unpaired) electrons. The molecule has 0 saturated heterocycles. The fourth-order valence-electron chi connectivity index (χ4n) is 1.55. The van der Waals surface area contributed by atoms with Gasteiger partial charge >= 0.3 is 5.97 Å². The molecule has 3 nitrogen and oxygen atoms in total. The van der Waals surface area contributed by atoms with Crippen LogP contribution in [0.5, 0.6) is 0 Å². The summed E-state index contributed by atoms with van der Waals surface area (Å²) in [5, 5.41) is 0. The molecule has 0 spiro atoms. The predicted molar refractivity (Wildman–Crippen MR) is 73.1 cm³/mol. The molecule has 0 N–H and O–H groups in total. The Labute approximate surface area is 110 Å². The molecule has 0 aliphatic carbocycles. The second-order valence-corrected chi connectivity index (χ2v) is 5.83. The van der Waals surface area contributed by atoms with Crippen molar-refractivity contribution in [1.82, 2.24) is 4.90 Å². The fraction of sp³-hybridized carbons (Fsp3) is 0.533. The number of carbonyl (C=O) groups is 1. The average molecular weight is 249 g/mol. The zero-order chi connectivity index (χ0) is 13.8. The minimum Gasteiger partial charge on any atom is -0.460 e. The number of rotatable bonds is 4. The van der Waals surface area contributed by atoms with Gasteiger partial charge in [-0.05, 0) is 46.0 Å². The largest absolute Gasteiger partial charge is 0.460 e. The molecular weight excluding hydrogens is 226 g/mol. The van der Waals surface area contributed by atoms with E-state index in [0.29, 0.717) is 6.61 Å². The maximum Gasteiger partial charge on any atom is 0.311 e. The predicted octanol–water partition coefficient (Wildman–Crippen LogP) is 2.84. The summed E-state index contributed by atoms with van der Waals surface area (Å²) >= 11 is 0. The van der Waals surface area contributed by atoms with E-state index in [0.717, 1.165) is 12.1 Å². The molecule has 0 unspecified atom stereocenters. The van der Waals surface area contributed by atoms with E-state index in [1.165, 1.54) is 5.56 Å². The lowest BCUT2D eigenvalue weighted by Crippen LogP contribution is -2.23. The van der Waals surface area contributed by atoms with Gasteiger partial charge in [0, 0.05) is 6.54 Å². The van der Waals surface area contributed by atoms with E-state index in [1.54, 1.807) is 0 Å². The Morgan fingerprint density at radius 3 is 2.22 bits per heavy atom. The molecule has 18 heavy (non-hydrogen) atoms. The molecule has 0 saturated carbocycles. The van der Waals surface area contributed by atoms with Crippen LogP contribution in [0.25, 0.3) is 0 Å². The van der Waals surface area contributed by atoms with Crippen molar-refractivity contribution < 1.29 is 9.53 Å². The second-order valence-electron chi connectivity index (χ2n) is 5.83. The van der Waals surface area contributed by atoms with Gasteiger partial charge in [-0.1, -0.05) is 24.3 Å². The average Bonchev–Trinajstić information content (AvgIpc) is 2.25. The van der Waals surface area contributed by atoms with Crippen LogP contribution in [0.1, 0.15) is 31.9 Å². The first kappa shape index (κ1) is 14.7. The molecule has 1 aromatic carbocycles. The molecule has 1 rings (SSSR count). The highest BCUT2D eigenvalue weighted by Crippen LogP contribution is 2.18. The van der Waals surface area contributed by atoms with E-state index in [1.807, 2.05) is 53.1 Å². The molecule has 0 heterocycles. The summed E-state index contributed by atoms with van der Waals surface area (Å²) in [5.41, 5.74) is 1.82. The van der Waals surface area contributed by atoms with Crippen molar-refractivity contribution in [2.75, 3.05) is 14.1 Å². The number of benzene rings is 1. The number of esters is 1. The first-order chi connectivity index (χ1) is 8.30. The Morgan fingerprint density at radius 2 is 1.72 bits per heavy atom. The highest BCUT2D eigenvalue weighted by atomic mass is 16.5. The van der Waals surface area contributed by atoms with Crippen molar-refractivity contribution >= 4 is 5.97 Å². The number of nitrogens with zero attached hydrogens (tertiary/aromatic N) is 1. The number of ether oxygens (including phenoxy) is 1. The monoisotopic (exact) mass is 249 g/mol. The highest BCUT2D eigenvalue weighted by molar-refractivity contribution is 5.75. The van der Waals surface area contributed by atoms with Crippen LogP contribution in [0.3, 0.4) is 0 Å². The van der Waals surface area contributed by atoms with Crippen molar-refractivity contribution in [3.05, 3.63) is 35.4 Å². The van der Waals surface area contributed by atoms with Crippen LogP contribution < -0.4 is 0 Å². The molecule has 0 aliphatic heterocycles. The van der Waals surface area contributed by atoms with E-state index in [9.17, 15) is 4.79 Å². The van der Waals surface area contributed by atoms with E-state index in [2.05, 4.69) is 11.0 Å². The van der Waals surface area contributed by atoms with Gasteiger partial charge in [0.1, 0.15) is 6.61 Å². The lowest BCUT2D eigenvalue weighted by molar-refractivity contribution is -0.154. The SMILES string of the molecule is CN(C)Cc1ccccc1COC(=O)C(C)(C)C. The molecular formula is C15H23NO2. The molecule has 0 aliphatic rings. The third-order valence-electron chi connectivity index (χ3n) is 2.58. The smallest absolute Gasteiger partial charge is 0.311 e. The standard InChI is InChI=1S/C15H23NO2/c1-15(2,3)14(17)18-11-13-9-7-6-8-12(13)10-16(4)5/h6-9H,10-11H2,1-5H3. The van der Waals surface area contributed by atoms with Gasteiger partial charge in [-0.2, -0.15) is 0 Å². The Kier molecular flexibility index (Phi) is 4.91. The van der Waals surface area contributed by atoms with Gasteiger partial charge in [-0.15, -0.1) is 0 Å². The van der Waals surface area contributed by atoms with Crippen LogP contribution in [-0.2, 0) is 22.7 Å². The van der Waals surface area contributed by atoms with Gasteiger partial charge in [-0.3, -0.25) is 4.79 Å². The lowest BCUT2D eigenvalue weighted by atomic mass is 9.97. The topological polar surface area (TPSA) is 29.5 Å². The Hall–Kier alpha value is -1.35. The quantitative estimate of drug-likeness (QED) is 0.768. The van der Waals surface area contributed by atoms with Gasteiger partial charge in [0.15, 0.2) is 0 Å². The summed E-state index contributed by atoms with van der Waals surface area (Å²) < 4.78 is 5.36. The Morgan fingerprint density at radius 1 is 1.17 bits per heavy atom. The fourth-order valence-corrected chi connectivity index (χ4v) is 1.55. The van der Waals surface area contributed by atoms with Crippen molar-refractivity contribution in [3.63, 3.8) is 0 Å². The van der Waals surface area contributed by atoms with Gasteiger partial charge in [0.05, 0.1) is 5.41 Å². The van der Waals surface area contributed by atoms with Crippen LogP contribution in [0, 0.1) is 5.41 Å². The molecule has 0 aromatic heterocycles. The van der Waals surface area contributed by atoms with Gasteiger partial charge < -0.3 is 9.64 Å². The lowest BCUT2D eigenvalue weighted by Gasteiger charge is -2.18. The number of hydrogen-bond acceptors (Lipinski definition) is 3. The Bertz CT molecular complexity index is 405. The van der Waals surface area contributed by atoms with Crippen LogP contribution in [0.4, 0.5) is 0 Å². The van der Waals surface area contributed by atoms with E-state index >= 15 is 0 Å². The molecule has 3 heteroatoms. The highest BCUT2D eigenvalue weighted by Gasteiger charge is 2.23. The minimum atomic E-state index is -0.448. The summed E-state index contributed by atoms with van der Waals surface area (Å²) in [5.74, 6) is -0.165. The Balaban J connectivity index is 2.70. The van der Waals surface area contributed by atoms with Gasteiger partial charge in [0.2, 0.25) is 0 Å². The molecule has 0 fully saturated rings. The molecule has 0 amide bonds. The summed E-state index contributed by atoms with van der Waals surface area (Å²) in [6.45, 7) is 6.78. The third kappa shape index (κ3) is 4.49. The molecule has 1 aromatic rings. The first-order valence-electron chi connectivity index (χ1n) is 6.19. The van der Waals surface area contributed by atoms with E-state index in [-0.39, 0.29) is 5.97 Å². The van der Waals surface area contributed by atoms with Gasteiger partial charge in [0.25, 0.3) is 0 Å². The molecule has 0 atom stereocenters. The van der Waals surface area contributed by atoms with Crippen molar-refractivity contribution in [1.29, 1.82) is 0 Å².